The standard InChI is InChI=1S/C16H18F3N3O2/c1-11-20-15(24-21-11)13-6-7-22(9-13)8-12-4-2-3-5-14(12)23-10-16(17,18)19/h2-5,13H,6-10H2,1H3. The molecule has 1 aliphatic rings. The number of benzene rings is 1. The zero-order valence-corrected chi connectivity index (χ0v) is 13.2. The van der Waals surface area contributed by atoms with E-state index in [-0.39, 0.29) is 11.7 Å². The number of aromatic nitrogens is 2. The Bertz CT molecular complexity index is 687. The lowest BCUT2D eigenvalue weighted by Crippen LogP contribution is -2.22. The van der Waals surface area contributed by atoms with Gasteiger partial charge in [0.2, 0.25) is 5.89 Å². The molecule has 0 spiro atoms. The van der Waals surface area contributed by atoms with Gasteiger partial charge < -0.3 is 9.26 Å². The largest absolute Gasteiger partial charge is 0.484 e. The highest BCUT2D eigenvalue weighted by Crippen LogP contribution is 2.29. The molecular formula is C16H18F3N3O2. The Kier molecular flexibility index (Phi) is 4.75. The number of ether oxygens (including phenoxy) is 1. The third-order valence-corrected chi connectivity index (χ3v) is 3.92. The van der Waals surface area contributed by atoms with Crippen molar-refractivity contribution >= 4 is 0 Å². The molecule has 2 heterocycles. The van der Waals surface area contributed by atoms with E-state index in [2.05, 4.69) is 15.0 Å². The minimum atomic E-state index is -4.35. The molecule has 130 valence electrons. The van der Waals surface area contributed by atoms with Gasteiger partial charge in [0.25, 0.3) is 0 Å². The fourth-order valence-corrected chi connectivity index (χ4v) is 2.83. The van der Waals surface area contributed by atoms with Crippen LogP contribution in [0.15, 0.2) is 28.8 Å². The first-order chi connectivity index (χ1) is 11.4. The molecule has 2 aromatic rings. The van der Waals surface area contributed by atoms with Crippen LogP contribution in [0.2, 0.25) is 0 Å². The van der Waals surface area contributed by atoms with Crippen molar-refractivity contribution < 1.29 is 22.4 Å². The highest BCUT2D eigenvalue weighted by atomic mass is 19.4. The van der Waals surface area contributed by atoms with E-state index in [1.807, 2.05) is 0 Å². The summed E-state index contributed by atoms with van der Waals surface area (Å²) in [4.78, 5) is 6.41. The Labute approximate surface area is 137 Å². The van der Waals surface area contributed by atoms with Crippen LogP contribution in [-0.2, 0) is 6.54 Å². The predicted molar refractivity (Wildman–Crippen MR) is 79.7 cm³/mol. The van der Waals surface area contributed by atoms with E-state index in [0.717, 1.165) is 25.1 Å². The summed E-state index contributed by atoms with van der Waals surface area (Å²) in [7, 11) is 0. The maximum absolute atomic E-state index is 12.4. The molecule has 0 amide bonds. The van der Waals surface area contributed by atoms with Crippen LogP contribution in [-0.4, -0.2) is 40.9 Å². The van der Waals surface area contributed by atoms with Crippen LogP contribution in [0.5, 0.6) is 5.75 Å². The van der Waals surface area contributed by atoms with E-state index in [0.29, 0.717) is 18.3 Å². The van der Waals surface area contributed by atoms with Gasteiger partial charge in [-0.3, -0.25) is 4.90 Å². The topological polar surface area (TPSA) is 51.4 Å². The van der Waals surface area contributed by atoms with E-state index in [1.54, 1.807) is 31.2 Å². The summed E-state index contributed by atoms with van der Waals surface area (Å²) in [5, 5.41) is 3.80. The maximum Gasteiger partial charge on any atom is 0.422 e. The van der Waals surface area contributed by atoms with Crippen molar-refractivity contribution in [1.82, 2.24) is 15.0 Å². The summed E-state index contributed by atoms with van der Waals surface area (Å²) in [6.07, 6.45) is -3.46. The van der Waals surface area contributed by atoms with E-state index in [4.69, 9.17) is 9.26 Å². The second kappa shape index (κ2) is 6.80. The number of nitrogens with zero attached hydrogens (tertiary/aromatic N) is 3. The van der Waals surface area contributed by atoms with Crippen molar-refractivity contribution in [3.05, 3.63) is 41.5 Å². The molecule has 1 atom stereocenters. The minimum Gasteiger partial charge on any atom is -0.484 e. The zero-order chi connectivity index (χ0) is 17.2. The predicted octanol–water partition coefficient (Wildman–Crippen LogP) is 3.31. The Morgan fingerprint density at radius 2 is 2.12 bits per heavy atom. The van der Waals surface area contributed by atoms with Crippen LogP contribution in [0.25, 0.3) is 0 Å². The van der Waals surface area contributed by atoms with E-state index >= 15 is 0 Å². The van der Waals surface area contributed by atoms with Crippen molar-refractivity contribution in [3.8, 4) is 5.75 Å². The Morgan fingerprint density at radius 3 is 2.83 bits per heavy atom. The van der Waals surface area contributed by atoms with E-state index in [9.17, 15) is 13.2 Å². The summed E-state index contributed by atoms with van der Waals surface area (Å²) >= 11 is 0. The van der Waals surface area contributed by atoms with Gasteiger partial charge in [0.05, 0.1) is 5.92 Å². The molecule has 1 fully saturated rings. The molecule has 5 nitrogen and oxygen atoms in total. The highest BCUT2D eigenvalue weighted by molar-refractivity contribution is 5.33. The molecule has 0 radical (unpaired) electrons. The van der Waals surface area contributed by atoms with E-state index < -0.39 is 12.8 Å². The highest BCUT2D eigenvalue weighted by Gasteiger charge is 2.30. The van der Waals surface area contributed by atoms with Crippen LogP contribution in [0.4, 0.5) is 13.2 Å². The quantitative estimate of drug-likeness (QED) is 0.835. The summed E-state index contributed by atoms with van der Waals surface area (Å²) < 4.78 is 47.2. The Hall–Kier alpha value is -2.09. The fraction of sp³-hybridized carbons (Fsp3) is 0.500. The molecular weight excluding hydrogens is 323 g/mol. The first kappa shape index (κ1) is 16.8. The van der Waals surface area contributed by atoms with Crippen LogP contribution >= 0.6 is 0 Å². The molecule has 24 heavy (non-hydrogen) atoms. The lowest BCUT2D eigenvalue weighted by molar-refractivity contribution is -0.153. The average molecular weight is 341 g/mol. The molecule has 1 aromatic heterocycles. The van der Waals surface area contributed by atoms with Crippen LogP contribution in [0.1, 0.15) is 29.6 Å². The molecule has 8 heteroatoms. The molecule has 0 saturated carbocycles. The molecule has 0 aliphatic carbocycles. The molecule has 1 aromatic carbocycles. The fourth-order valence-electron chi connectivity index (χ4n) is 2.83. The Balaban J connectivity index is 1.62. The van der Waals surface area contributed by atoms with Gasteiger partial charge in [-0.05, 0) is 26.0 Å². The number of likely N-dealkylation sites (tertiary alicyclic amines) is 1. The second-order valence-electron chi connectivity index (χ2n) is 5.91. The molecule has 1 unspecified atom stereocenters. The first-order valence-electron chi connectivity index (χ1n) is 7.71. The first-order valence-corrected chi connectivity index (χ1v) is 7.71. The van der Waals surface area contributed by atoms with Gasteiger partial charge in [-0.2, -0.15) is 18.2 Å². The molecule has 0 bridgehead atoms. The summed E-state index contributed by atoms with van der Waals surface area (Å²) in [5.41, 5.74) is 0.740. The zero-order valence-electron chi connectivity index (χ0n) is 13.2. The number of aryl methyl sites for hydroxylation is 1. The number of hydrogen-bond donors (Lipinski definition) is 0. The number of rotatable bonds is 5. The van der Waals surface area contributed by atoms with Gasteiger partial charge in [-0.1, -0.05) is 23.4 Å². The average Bonchev–Trinajstić information content (AvgIpc) is 3.14. The van der Waals surface area contributed by atoms with Crippen molar-refractivity contribution in [1.29, 1.82) is 0 Å². The maximum atomic E-state index is 12.4. The number of halogens is 3. The summed E-state index contributed by atoms with van der Waals surface area (Å²) in [6, 6.07) is 6.82. The molecule has 0 N–H and O–H groups in total. The lowest BCUT2D eigenvalue weighted by Gasteiger charge is -2.18. The number of hydrogen-bond acceptors (Lipinski definition) is 5. The number of alkyl halides is 3. The second-order valence-corrected chi connectivity index (χ2v) is 5.91. The van der Waals surface area contributed by atoms with Gasteiger partial charge >= 0.3 is 6.18 Å². The number of para-hydroxylation sites is 1. The summed E-state index contributed by atoms with van der Waals surface area (Å²) in [5.74, 6) is 1.66. The Morgan fingerprint density at radius 1 is 1.33 bits per heavy atom. The van der Waals surface area contributed by atoms with Gasteiger partial charge in [0, 0.05) is 18.7 Å². The van der Waals surface area contributed by atoms with Gasteiger partial charge in [-0.15, -0.1) is 0 Å². The van der Waals surface area contributed by atoms with Gasteiger partial charge in [0.15, 0.2) is 12.4 Å². The molecule has 1 aliphatic heterocycles. The SMILES string of the molecule is Cc1noc(C2CCN(Cc3ccccc3OCC(F)(F)F)C2)n1. The van der Waals surface area contributed by atoms with Crippen molar-refractivity contribution in [3.63, 3.8) is 0 Å². The third-order valence-electron chi connectivity index (χ3n) is 3.92. The van der Waals surface area contributed by atoms with Crippen molar-refractivity contribution in [2.75, 3.05) is 19.7 Å². The molecule has 3 rings (SSSR count). The van der Waals surface area contributed by atoms with Crippen LogP contribution < -0.4 is 4.74 Å². The van der Waals surface area contributed by atoms with Crippen LogP contribution in [0, 0.1) is 6.92 Å². The smallest absolute Gasteiger partial charge is 0.422 e. The van der Waals surface area contributed by atoms with Gasteiger partial charge in [0.1, 0.15) is 5.75 Å². The molecule has 1 saturated heterocycles. The van der Waals surface area contributed by atoms with E-state index in [1.165, 1.54) is 0 Å². The lowest BCUT2D eigenvalue weighted by atomic mass is 10.1. The minimum absolute atomic E-state index is 0.162. The van der Waals surface area contributed by atoms with Gasteiger partial charge in [-0.25, -0.2) is 0 Å². The van der Waals surface area contributed by atoms with Crippen molar-refractivity contribution in [2.24, 2.45) is 0 Å². The monoisotopic (exact) mass is 341 g/mol. The third kappa shape index (κ3) is 4.25. The summed E-state index contributed by atoms with van der Waals surface area (Å²) in [6.45, 7) is 2.56. The van der Waals surface area contributed by atoms with Crippen LogP contribution in [0.3, 0.4) is 0 Å². The van der Waals surface area contributed by atoms with Crippen molar-refractivity contribution in [2.45, 2.75) is 32.0 Å². The normalized spacial score (nSPS) is 18.9.